The zero-order chi connectivity index (χ0) is 21.2. The molecule has 6 nitrogen and oxygen atoms in total. The van der Waals surface area contributed by atoms with Crippen molar-refractivity contribution in [3.8, 4) is 0 Å². The van der Waals surface area contributed by atoms with E-state index in [4.69, 9.17) is 4.74 Å². The van der Waals surface area contributed by atoms with Crippen LogP contribution in [0.5, 0.6) is 0 Å². The average molecular weight is 405 g/mol. The molecule has 4 aliphatic rings. The highest BCUT2D eigenvalue weighted by molar-refractivity contribution is 5.92. The molecule has 0 amide bonds. The number of ether oxygens (including phenoxy) is 1. The van der Waals surface area contributed by atoms with Crippen LogP contribution in [0, 0.1) is 28.6 Å². The Hall–Kier alpha value is -1.53. The van der Waals surface area contributed by atoms with Crippen LogP contribution in [0.1, 0.15) is 65.7 Å². The van der Waals surface area contributed by atoms with Crippen molar-refractivity contribution in [3.63, 3.8) is 0 Å². The summed E-state index contributed by atoms with van der Waals surface area (Å²) >= 11 is 0. The summed E-state index contributed by atoms with van der Waals surface area (Å²) in [5, 5.41) is 22.8. The maximum absolute atomic E-state index is 12.9. The monoisotopic (exact) mass is 404 g/mol. The van der Waals surface area contributed by atoms with Crippen LogP contribution in [-0.2, 0) is 19.1 Å². The van der Waals surface area contributed by atoms with Gasteiger partial charge in [-0.3, -0.25) is 14.4 Å². The van der Waals surface area contributed by atoms with Gasteiger partial charge in [0.1, 0.15) is 5.60 Å². The van der Waals surface area contributed by atoms with E-state index in [9.17, 15) is 24.6 Å². The van der Waals surface area contributed by atoms with Crippen LogP contribution in [0.2, 0.25) is 0 Å². The number of allylic oxidation sites excluding steroid dienone is 1. The molecule has 0 heterocycles. The lowest BCUT2D eigenvalue weighted by Gasteiger charge is -2.60. The Kier molecular flexibility index (Phi) is 4.82. The second-order valence-corrected chi connectivity index (χ2v) is 10.2. The van der Waals surface area contributed by atoms with Gasteiger partial charge in [0.05, 0.1) is 6.10 Å². The van der Waals surface area contributed by atoms with Crippen LogP contribution in [0.3, 0.4) is 0 Å². The van der Waals surface area contributed by atoms with Crippen molar-refractivity contribution in [1.29, 1.82) is 0 Å². The maximum Gasteiger partial charge on any atom is 0.303 e. The number of hydrogen-bond donors (Lipinski definition) is 2. The first-order chi connectivity index (χ1) is 13.5. The largest absolute Gasteiger partial charge is 0.458 e. The second-order valence-electron chi connectivity index (χ2n) is 10.2. The molecule has 0 aromatic rings. The van der Waals surface area contributed by atoms with E-state index in [1.807, 2.05) is 6.92 Å². The molecule has 6 heteroatoms. The Bertz CT molecular complexity index is 786. The first-order valence-electron chi connectivity index (χ1n) is 10.8. The fourth-order valence-corrected chi connectivity index (χ4v) is 7.44. The molecule has 0 spiro atoms. The third kappa shape index (κ3) is 2.86. The molecule has 4 aliphatic carbocycles. The maximum atomic E-state index is 12.9. The molecule has 0 unspecified atom stereocenters. The van der Waals surface area contributed by atoms with Gasteiger partial charge in [-0.1, -0.05) is 19.4 Å². The quantitative estimate of drug-likeness (QED) is 0.701. The molecule has 7 atom stereocenters. The minimum absolute atomic E-state index is 0.0413. The molecule has 160 valence electrons. The lowest BCUT2D eigenvalue weighted by atomic mass is 9.45. The molecule has 29 heavy (non-hydrogen) atoms. The number of aliphatic hydroxyl groups is 2. The van der Waals surface area contributed by atoms with Crippen molar-refractivity contribution in [2.75, 3.05) is 6.61 Å². The number of hydrogen-bond acceptors (Lipinski definition) is 6. The molecule has 2 N–H and O–H groups in total. The SMILES string of the molecule is CC(=O)OCC(=O)[C@]1(O)CC[C@@H]2[C@H]3CCC4=CC(=O)CC[C@]4(C)[C@@H]3[C@@H](O)C[C@]21C. The summed E-state index contributed by atoms with van der Waals surface area (Å²) < 4.78 is 4.89. The number of carbonyl (C=O) groups excluding carboxylic acids is 3. The summed E-state index contributed by atoms with van der Waals surface area (Å²) in [5.41, 5.74) is -1.36. The van der Waals surface area contributed by atoms with Gasteiger partial charge < -0.3 is 14.9 Å². The molecular formula is C23H32O6. The van der Waals surface area contributed by atoms with E-state index in [1.54, 1.807) is 6.08 Å². The van der Waals surface area contributed by atoms with Gasteiger partial charge >= 0.3 is 5.97 Å². The number of ketones is 2. The molecule has 0 aliphatic heterocycles. The van der Waals surface area contributed by atoms with Crippen LogP contribution in [0.15, 0.2) is 11.6 Å². The molecule has 0 bridgehead atoms. The van der Waals surface area contributed by atoms with E-state index in [2.05, 4.69) is 6.92 Å². The number of fused-ring (bicyclic) bond motifs is 5. The Morgan fingerprint density at radius 2 is 1.93 bits per heavy atom. The summed E-state index contributed by atoms with van der Waals surface area (Å²) in [7, 11) is 0. The first-order valence-corrected chi connectivity index (χ1v) is 10.8. The molecule has 3 saturated carbocycles. The molecule has 0 aromatic carbocycles. The van der Waals surface area contributed by atoms with Gasteiger partial charge in [-0.05, 0) is 67.8 Å². The van der Waals surface area contributed by atoms with Crippen LogP contribution >= 0.6 is 0 Å². The summed E-state index contributed by atoms with van der Waals surface area (Å²) in [6.45, 7) is 4.92. The molecule has 0 radical (unpaired) electrons. The Balaban J connectivity index is 1.65. The highest BCUT2D eigenvalue weighted by Crippen LogP contribution is 2.67. The topological polar surface area (TPSA) is 101 Å². The van der Waals surface area contributed by atoms with Crippen LogP contribution in [-0.4, -0.2) is 46.1 Å². The smallest absolute Gasteiger partial charge is 0.303 e. The molecular weight excluding hydrogens is 372 g/mol. The van der Waals surface area contributed by atoms with Gasteiger partial charge in [0, 0.05) is 18.8 Å². The lowest BCUT2D eigenvalue weighted by molar-refractivity contribution is -0.184. The first kappa shape index (κ1) is 20.7. The number of rotatable bonds is 3. The minimum atomic E-state index is -1.58. The summed E-state index contributed by atoms with van der Waals surface area (Å²) in [4.78, 5) is 36.0. The lowest BCUT2D eigenvalue weighted by Crippen LogP contribution is -2.62. The second kappa shape index (κ2) is 6.74. The highest BCUT2D eigenvalue weighted by atomic mass is 16.5. The van der Waals surface area contributed by atoms with E-state index in [0.717, 1.165) is 31.3 Å². The van der Waals surface area contributed by atoms with Crippen molar-refractivity contribution in [3.05, 3.63) is 11.6 Å². The van der Waals surface area contributed by atoms with Gasteiger partial charge in [-0.25, -0.2) is 0 Å². The Morgan fingerprint density at radius 3 is 2.62 bits per heavy atom. The van der Waals surface area contributed by atoms with Gasteiger partial charge in [-0.2, -0.15) is 0 Å². The van der Waals surface area contributed by atoms with E-state index < -0.39 is 35.5 Å². The fraction of sp³-hybridized carbons (Fsp3) is 0.783. The summed E-state index contributed by atoms with van der Waals surface area (Å²) in [5.74, 6) is -0.462. The van der Waals surface area contributed by atoms with Gasteiger partial charge in [0.2, 0.25) is 5.78 Å². The van der Waals surface area contributed by atoms with Crippen molar-refractivity contribution in [2.45, 2.75) is 77.4 Å². The van der Waals surface area contributed by atoms with Crippen LogP contribution in [0.25, 0.3) is 0 Å². The molecule has 0 aromatic heterocycles. The van der Waals surface area contributed by atoms with Gasteiger partial charge in [0.15, 0.2) is 12.4 Å². The standard InChI is InChI=1S/C23H32O6/c1-13(24)29-12-19(27)23(28)9-7-17-16-5-4-14-10-15(25)6-8-21(14,2)20(16)18(26)11-22(17,23)3/h10,16-18,20,26,28H,4-9,11-12H2,1-3H3/t16-,17-,18+,20+,21+,22-,23-/m1/s1. The van der Waals surface area contributed by atoms with E-state index in [1.165, 1.54) is 6.92 Å². The minimum Gasteiger partial charge on any atom is -0.458 e. The molecule has 0 saturated heterocycles. The normalized spacial score (nSPS) is 46.2. The predicted molar refractivity (Wildman–Crippen MR) is 105 cm³/mol. The van der Waals surface area contributed by atoms with Crippen molar-refractivity contribution < 1.29 is 29.3 Å². The summed E-state index contributed by atoms with van der Waals surface area (Å²) in [6, 6.07) is 0. The third-order valence-corrected chi connectivity index (χ3v) is 8.92. The molecule has 4 rings (SSSR count). The molecule has 3 fully saturated rings. The number of Topliss-reactive ketones (excluding diaryl/α,β-unsaturated/α-hetero) is 1. The zero-order valence-corrected chi connectivity index (χ0v) is 17.6. The van der Waals surface area contributed by atoms with E-state index in [-0.39, 0.29) is 29.0 Å². The number of carbonyl (C=O) groups is 3. The fourth-order valence-electron chi connectivity index (χ4n) is 7.44. The zero-order valence-electron chi connectivity index (χ0n) is 17.6. The van der Waals surface area contributed by atoms with Crippen molar-refractivity contribution >= 4 is 17.5 Å². The van der Waals surface area contributed by atoms with Crippen molar-refractivity contribution in [2.24, 2.45) is 28.6 Å². The summed E-state index contributed by atoms with van der Waals surface area (Å²) in [6.07, 6.45) is 5.54. The van der Waals surface area contributed by atoms with Crippen molar-refractivity contribution in [1.82, 2.24) is 0 Å². The van der Waals surface area contributed by atoms with E-state index in [0.29, 0.717) is 19.3 Å². The van der Waals surface area contributed by atoms with Crippen LogP contribution < -0.4 is 0 Å². The number of aliphatic hydroxyl groups excluding tert-OH is 1. The van der Waals surface area contributed by atoms with Gasteiger partial charge in [-0.15, -0.1) is 0 Å². The van der Waals surface area contributed by atoms with Gasteiger partial charge in [0.25, 0.3) is 0 Å². The Labute approximate surface area is 171 Å². The third-order valence-electron chi connectivity index (χ3n) is 8.92. The average Bonchev–Trinajstić information content (AvgIpc) is 2.91. The Morgan fingerprint density at radius 1 is 1.21 bits per heavy atom. The van der Waals surface area contributed by atoms with Crippen LogP contribution in [0.4, 0.5) is 0 Å². The van der Waals surface area contributed by atoms with E-state index >= 15 is 0 Å². The predicted octanol–water partition coefficient (Wildman–Crippen LogP) is 2.35. The highest BCUT2D eigenvalue weighted by Gasteiger charge is 2.68. The number of esters is 1.